The van der Waals surface area contributed by atoms with Gasteiger partial charge in [-0.25, -0.2) is 0 Å². The Balaban J connectivity index is 1.92. The second kappa shape index (κ2) is 10.6. The molecule has 0 radical (unpaired) electrons. The van der Waals surface area contributed by atoms with E-state index in [-0.39, 0.29) is 11.8 Å². The van der Waals surface area contributed by atoms with Crippen LogP contribution in [0.3, 0.4) is 0 Å². The molecule has 1 heterocycles. The maximum absolute atomic E-state index is 10.3. The molecular formula is C21H31ClO3S. The average Bonchev–Trinajstić information content (AvgIpc) is 3.03. The van der Waals surface area contributed by atoms with Crippen LogP contribution >= 0.6 is 22.9 Å². The predicted octanol–water partition coefficient (Wildman–Crippen LogP) is 4.66. The number of aryl methyl sites for hydroxylation is 1. The highest BCUT2D eigenvalue weighted by atomic mass is 35.5. The number of halogens is 1. The summed E-state index contributed by atoms with van der Waals surface area (Å²) < 4.78 is 0. The van der Waals surface area contributed by atoms with Crippen molar-refractivity contribution in [3.63, 3.8) is 0 Å². The summed E-state index contributed by atoms with van der Waals surface area (Å²) in [6.07, 6.45) is 11.3. The molecule has 146 valence electrons. The van der Waals surface area contributed by atoms with Crippen LogP contribution in [0, 0.1) is 18.8 Å². The molecule has 1 aromatic rings. The van der Waals surface area contributed by atoms with Crippen molar-refractivity contribution in [2.45, 2.75) is 70.7 Å². The Morgan fingerprint density at radius 3 is 2.73 bits per heavy atom. The molecule has 1 aliphatic carbocycles. The molecule has 1 aliphatic rings. The summed E-state index contributed by atoms with van der Waals surface area (Å²) in [6, 6.07) is 1.90. The van der Waals surface area contributed by atoms with Gasteiger partial charge in [-0.15, -0.1) is 11.3 Å². The van der Waals surface area contributed by atoms with Crippen molar-refractivity contribution >= 4 is 22.9 Å². The van der Waals surface area contributed by atoms with Gasteiger partial charge in [0.2, 0.25) is 0 Å². The van der Waals surface area contributed by atoms with E-state index in [0.717, 1.165) is 27.6 Å². The highest BCUT2D eigenvalue weighted by molar-refractivity contribution is 7.12. The third kappa shape index (κ3) is 6.21. The Morgan fingerprint density at radius 1 is 1.31 bits per heavy atom. The van der Waals surface area contributed by atoms with Crippen molar-refractivity contribution in [2.24, 2.45) is 11.8 Å². The highest BCUT2D eigenvalue weighted by Gasteiger charge is 2.39. The molecule has 0 amide bonds. The van der Waals surface area contributed by atoms with Crippen molar-refractivity contribution in [1.82, 2.24) is 0 Å². The molecule has 5 heteroatoms. The zero-order valence-electron chi connectivity index (χ0n) is 15.6. The molecule has 1 aromatic heterocycles. The second-order valence-electron chi connectivity index (χ2n) is 7.23. The molecule has 2 rings (SSSR count). The average molecular weight is 399 g/mol. The van der Waals surface area contributed by atoms with E-state index >= 15 is 0 Å². The molecule has 0 saturated heterocycles. The molecular weight excluding hydrogens is 368 g/mol. The van der Waals surface area contributed by atoms with E-state index < -0.39 is 18.3 Å². The topological polar surface area (TPSA) is 60.7 Å². The molecule has 0 aromatic carbocycles. The van der Waals surface area contributed by atoms with Gasteiger partial charge in [-0.2, -0.15) is 0 Å². The van der Waals surface area contributed by atoms with Crippen molar-refractivity contribution in [3.05, 3.63) is 45.1 Å². The number of thiophene rings is 1. The van der Waals surface area contributed by atoms with Crippen molar-refractivity contribution in [2.75, 3.05) is 0 Å². The fourth-order valence-corrected chi connectivity index (χ4v) is 4.84. The molecule has 3 nitrogen and oxygen atoms in total. The van der Waals surface area contributed by atoms with Crippen LogP contribution in [0.5, 0.6) is 0 Å². The smallest absolute Gasteiger partial charge is 0.0769 e. The second-order valence-corrected chi connectivity index (χ2v) is 8.98. The highest BCUT2D eigenvalue weighted by Crippen LogP contribution is 2.36. The normalized spacial score (nSPS) is 27.8. The summed E-state index contributed by atoms with van der Waals surface area (Å²) in [5.74, 6) is -0.117. The first-order chi connectivity index (χ1) is 12.4. The Labute approximate surface area is 166 Å². The number of allylic oxidation sites excluding steroid dienone is 2. The third-order valence-electron chi connectivity index (χ3n) is 5.09. The summed E-state index contributed by atoms with van der Waals surface area (Å²) in [7, 11) is 0. The minimum Gasteiger partial charge on any atom is -0.393 e. The van der Waals surface area contributed by atoms with Crippen LogP contribution in [-0.2, 0) is 6.42 Å². The van der Waals surface area contributed by atoms with E-state index in [1.54, 1.807) is 17.4 Å². The molecule has 5 atom stereocenters. The standard InChI is InChI=1S/C21H31ClO3S/c1-3-4-5-6-7-8-17-18(21(25)13-20(17)24)10-9-15(23)11-16-12-19(22)14(2)26-16/h6-7,9-10,12,15,17-18,20-21,23-25H,3-5,8,11,13H2,1-2H3/b7-6-,10-9+/t15-,17-,18-,20+,21-/m1/s1. The lowest BCUT2D eigenvalue weighted by Crippen LogP contribution is -2.20. The Bertz CT molecular complexity index is 591. The molecule has 3 N–H and O–H groups in total. The molecule has 0 aliphatic heterocycles. The molecule has 0 spiro atoms. The minimum atomic E-state index is -0.616. The lowest BCUT2D eigenvalue weighted by atomic mass is 9.89. The number of hydrogen-bond acceptors (Lipinski definition) is 4. The van der Waals surface area contributed by atoms with Gasteiger partial charge in [0, 0.05) is 28.5 Å². The monoisotopic (exact) mass is 398 g/mol. The number of rotatable bonds is 9. The third-order valence-corrected chi connectivity index (χ3v) is 6.67. The van der Waals surface area contributed by atoms with Crippen LogP contribution < -0.4 is 0 Å². The fraction of sp³-hybridized carbons (Fsp3) is 0.619. The first-order valence-corrected chi connectivity index (χ1v) is 10.7. The van der Waals surface area contributed by atoms with Crippen LogP contribution in [0.1, 0.15) is 48.8 Å². The maximum atomic E-state index is 10.3. The van der Waals surface area contributed by atoms with Gasteiger partial charge in [0.05, 0.1) is 23.3 Å². The lowest BCUT2D eigenvalue weighted by molar-refractivity contribution is 0.120. The van der Waals surface area contributed by atoms with E-state index in [4.69, 9.17) is 11.6 Å². The zero-order chi connectivity index (χ0) is 19.1. The van der Waals surface area contributed by atoms with Crippen molar-refractivity contribution in [3.8, 4) is 0 Å². The summed E-state index contributed by atoms with van der Waals surface area (Å²) in [4.78, 5) is 2.11. The number of hydrogen-bond donors (Lipinski definition) is 3. The maximum Gasteiger partial charge on any atom is 0.0769 e. The Morgan fingerprint density at radius 2 is 2.08 bits per heavy atom. The van der Waals surface area contributed by atoms with Gasteiger partial charge in [-0.1, -0.05) is 55.7 Å². The van der Waals surface area contributed by atoms with Crippen molar-refractivity contribution < 1.29 is 15.3 Å². The SMILES string of the molecule is CCCC/C=C\C[C@@H]1[C@@H](/C=C/[C@@H](O)Cc2cc(Cl)c(C)s2)[C@H](O)C[C@@H]1O. The van der Waals surface area contributed by atoms with Gasteiger partial charge in [-0.05, 0) is 31.7 Å². The first-order valence-electron chi connectivity index (χ1n) is 9.54. The summed E-state index contributed by atoms with van der Waals surface area (Å²) in [5, 5.41) is 31.6. The molecule has 26 heavy (non-hydrogen) atoms. The van der Waals surface area contributed by atoms with E-state index in [0.29, 0.717) is 12.8 Å². The predicted molar refractivity (Wildman–Crippen MR) is 110 cm³/mol. The quantitative estimate of drug-likeness (QED) is 0.418. The van der Waals surface area contributed by atoms with Gasteiger partial charge in [0.1, 0.15) is 0 Å². The molecule has 0 bridgehead atoms. The summed E-state index contributed by atoms with van der Waals surface area (Å²) >= 11 is 7.67. The van der Waals surface area contributed by atoms with Crippen LogP contribution in [0.15, 0.2) is 30.4 Å². The largest absolute Gasteiger partial charge is 0.393 e. The van der Waals surface area contributed by atoms with E-state index in [9.17, 15) is 15.3 Å². The van der Waals surface area contributed by atoms with Gasteiger partial charge in [0.15, 0.2) is 0 Å². The first kappa shape index (κ1) is 21.6. The van der Waals surface area contributed by atoms with Crippen LogP contribution in [0.25, 0.3) is 0 Å². The van der Waals surface area contributed by atoms with Gasteiger partial charge in [-0.3, -0.25) is 0 Å². The number of aliphatic hydroxyl groups is 3. The Hall–Kier alpha value is -0.650. The van der Waals surface area contributed by atoms with Crippen LogP contribution in [0.2, 0.25) is 5.02 Å². The number of unbranched alkanes of at least 4 members (excludes halogenated alkanes) is 2. The fourth-order valence-electron chi connectivity index (χ4n) is 3.55. The van der Waals surface area contributed by atoms with E-state index in [1.165, 1.54) is 12.8 Å². The van der Waals surface area contributed by atoms with Crippen LogP contribution in [-0.4, -0.2) is 33.6 Å². The van der Waals surface area contributed by atoms with E-state index in [2.05, 4.69) is 19.1 Å². The van der Waals surface area contributed by atoms with Crippen molar-refractivity contribution in [1.29, 1.82) is 0 Å². The minimum absolute atomic E-state index is 0.00440. The number of aliphatic hydroxyl groups excluding tert-OH is 3. The molecule has 1 saturated carbocycles. The van der Waals surface area contributed by atoms with Crippen LogP contribution in [0.4, 0.5) is 0 Å². The van der Waals surface area contributed by atoms with Gasteiger partial charge in [0.25, 0.3) is 0 Å². The van der Waals surface area contributed by atoms with E-state index in [1.807, 2.05) is 19.1 Å². The zero-order valence-corrected chi connectivity index (χ0v) is 17.2. The Kier molecular flexibility index (Phi) is 8.85. The summed E-state index contributed by atoms with van der Waals surface area (Å²) in [5.41, 5.74) is 0. The molecule has 1 fully saturated rings. The van der Waals surface area contributed by atoms with Gasteiger partial charge >= 0.3 is 0 Å². The van der Waals surface area contributed by atoms with Gasteiger partial charge < -0.3 is 15.3 Å². The lowest BCUT2D eigenvalue weighted by Gasteiger charge is -2.19. The summed E-state index contributed by atoms with van der Waals surface area (Å²) in [6.45, 7) is 4.14. The molecule has 0 unspecified atom stereocenters.